The first-order valence-corrected chi connectivity index (χ1v) is 12.4. The van der Waals surface area contributed by atoms with Crippen molar-refractivity contribution < 1.29 is 9.59 Å². The summed E-state index contributed by atoms with van der Waals surface area (Å²) in [5.74, 6) is -0.559. The van der Waals surface area contributed by atoms with Gasteiger partial charge in [0.25, 0.3) is 11.8 Å². The van der Waals surface area contributed by atoms with Gasteiger partial charge in [-0.05, 0) is 65.5 Å². The van der Waals surface area contributed by atoms with Crippen LogP contribution in [0.1, 0.15) is 58.5 Å². The molecule has 0 saturated heterocycles. The lowest BCUT2D eigenvalue weighted by molar-refractivity contribution is 0.0921. The molecule has 1 aromatic carbocycles. The van der Waals surface area contributed by atoms with Gasteiger partial charge in [-0.25, -0.2) is 15.1 Å². The third-order valence-electron chi connectivity index (χ3n) is 5.63. The molecule has 2 heterocycles. The molecule has 0 radical (unpaired) electrons. The summed E-state index contributed by atoms with van der Waals surface area (Å²) in [7, 11) is 0. The molecule has 8 nitrogen and oxygen atoms in total. The number of pyridine rings is 1. The van der Waals surface area contributed by atoms with Crippen LogP contribution in [0.3, 0.4) is 0 Å². The van der Waals surface area contributed by atoms with E-state index in [4.69, 9.17) is 23.2 Å². The van der Waals surface area contributed by atoms with Gasteiger partial charge in [0.05, 0.1) is 16.3 Å². The van der Waals surface area contributed by atoms with Crippen LogP contribution in [0.15, 0.2) is 41.1 Å². The number of benzene rings is 1. The van der Waals surface area contributed by atoms with Gasteiger partial charge in [-0.15, -0.1) is 0 Å². The molecule has 1 saturated carbocycles. The number of carbonyl (C=O) groups is 2. The highest BCUT2D eigenvalue weighted by atomic mass is 79.9. The molecule has 178 valence electrons. The predicted octanol–water partition coefficient (Wildman–Crippen LogP) is 5.46. The van der Waals surface area contributed by atoms with E-state index in [1.165, 1.54) is 17.2 Å². The summed E-state index contributed by atoms with van der Waals surface area (Å²) in [6, 6.07) is 8.34. The molecular formula is C23H23BrCl2N6O2. The van der Waals surface area contributed by atoms with Gasteiger partial charge in [0.1, 0.15) is 10.3 Å². The van der Waals surface area contributed by atoms with Gasteiger partial charge in [-0.1, -0.05) is 42.5 Å². The van der Waals surface area contributed by atoms with Crippen molar-refractivity contribution in [1.29, 1.82) is 0 Å². The topological polar surface area (TPSA) is 101 Å². The number of amides is 2. The molecule has 0 atom stereocenters. The summed E-state index contributed by atoms with van der Waals surface area (Å²) < 4.78 is 1.78. The first-order valence-electron chi connectivity index (χ1n) is 10.9. The number of anilines is 1. The third kappa shape index (κ3) is 5.60. The highest BCUT2D eigenvalue weighted by Crippen LogP contribution is 2.28. The number of hydrogen-bond acceptors (Lipinski definition) is 5. The van der Waals surface area contributed by atoms with E-state index in [1.54, 1.807) is 37.4 Å². The molecule has 0 aliphatic heterocycles. The van der Waals surface area contributed by atoms with E-state index < -0.39 is 5.91 Å². The second-order valence-electron chi connectivity index (χ2n) is 8.11. The standard InChI is InChI=1S/C23H23BrCl2N6O2/c1-13-10-14(25)11-16(22(33)30-29-15-6-3-2-4-7-15)20(13)28-23(34)18-12-19(24)31-32(18)21-17(26)8-5-9-27-21/h5,8-12,15,29H,2-4,6-7H2,1H3,(H,28,34)(H,30,33). The van der Waals surface area contributed by atoms with E-state index in [-0.39, 0.29) is 23.2 Å². The second kappa shape index (κ2) is 10.9. The Balaban J connectivity index is 1.60. The molecular weight excluding hydrogens is 543 g/mol. The van der Waals surface area contributed by atoms with E-state index in [0.717, 1.165) is 25.7 Å². The van der Waals surface area contributed by atoms with E-state index in [1.807, 2.05) is 0 Å². The Bertz CT molecular complexity index is 1230. The maximum atomic E-state index is 13.3. The van der Waals surface area contributed by atoms with E-state index in [2.05, 4.69) is 42.2 Å². The number of hydrazine groups is 1. The Morgan fingerprint density at radius 2 is 1.88 bits per heavy atom. The number of nitrogens with zero attached hydrogens (tertiary/aromatic N) is 3. The Morgan fingerprint density at radius 1 is 1.12 bits per heavy atom. The maximum absolute atomic E-state index is 13.3. The molecule has 0 unspecified atom stereocenters. The summed E-state index contributed by atoms with van der Waals surface area (Å²) in [5, 5.41) is 7.87. The molecule has 1 aliphatic carbocycles. The van der Waals surface area contributed by atoms with Crippen LogP contribution in [0.5, 0.6) is 0 Å². The fourth-order valence-electron chi connectivity index (χ4n) is 3.96. The lowest BCUT2D eigenvalue weighted by Gasteiger charge is -2.23. The van der Waals surface area contributed by atoms with Crippen LogP contribution in [0, 0.1) is 6.92 Å². The van der Waals surface area contributed by atoms with Crippen LogP contribution in [-0.2, 0) is 0 Å². The highest BCUT2D eigenvalue weighted by Gasteiger charge is 2.23. The van der Waals surface area contributed by atoms with Gasteiger partial charge >= 0.3 is 0 Å². The smallest absolute Gasteiger partial charge is 0.274 e. The van der Waals surface area contributed by atoms with Crippen LogP contribution in [0.25, 0.3) is 5.82 Å². The molecule has 3 aromatic rings. The summed E-state index contributed by atoms with van der Waals surface area (Å²) in [6.45, 7) is 1.77. The van der Waals surface area contributed by atoms with Crippen LogP contribution in [-0.4, -0.2) is 32.6 Å². The maximum Gasteiger partial charge on any atom is 0.274 e. The molecule has 2 amide bonds. The first kappa shape index (κ1) is 24.7. The highest BCUT2D eigenvalue weighted by molar-refractivity contribution is 9.10. The van der Waals surface area contributed by atoms with Gasteiger partial charge < -0.3 is 5.32 Å². The second-order valence-corrected chi connectivity index (χ2v) is 9.76. The van der Waals surface area contributed by atoms with Crippen LogP contribution < -0.4 is 16.2 Å². The molecule has 1 aliphatic rings. The zero-order valence-electron chi connectivity index (χ0n) is 18.4. The summed E-state index contributed by atoms with van der Waals surface area (Å²) in [6.07, 6.45) is 7.06. The predicted molar refractivity (Wildman–Crippen MR) is 136 cm³/mol. The Kier molecular flexibility index (Phi) is 7.88. The van der Waals surface area contributed by atoms with Crippen molar-refractivity contribution in [3.63, 3.8) is 0 Å². The summed E-state index contributed by atoms with van der Waals surface area (Å²) in [5.41, 5.74) is 7.33. The minimum atomic E-state index is -0.486. The van der Waals surface area contributed by atoms with E-state index in [0.29, 0.717) is 31.7 Å². The number of rotatable bonds is 6. The lowest BCUT2D eigenvalue weighted by atomic mass is 9.96. The molecule has 34 heavy (non-hydrogen) atoms. The van der Waals surface area contributed by atoms with Crippen molar-refractivity contribution in [3.05, 3.63) is 68.0 Å². The molecule has 2 aromatic heterocycles. The summed E-state index contributed by atoms with van der Waals surface area (Å²) >= 11 is 15.8. The van der Waals surface area contributed by atoms with Crippen molar-refractivity contribution in [3.8, 4) is 5.82 Å². The average molecular weight is 566 g/mol. The van der Waals surface area contributed by atoms with Gasteiger partial charge in [0.15, 0.2) is 5.82 Å². The van der Waals surface area contributed by atoms with E-state index >= 15 is 0 Å². The van der Waals surface area contributed by atoms with Gasteiger partial charge in [0.2, 0.25) is 0 Å². The molecule has 3 N–H and O–H groups in total. The van der Waals surface area contributed by atoms with E-state index in [9.17, 15) is 9.59 Å². The fraction of sp³-hybridized carbons (Fsp3) is 0.304. The van der Waals surface area contributed by atoms with Crippen molar-refractivity contribution in [1.82, 2.24) is 25.6 Å². The van der Waals surface area contributed by atoms with Crippen molar-refractivity contribution >= 4 is 56.6 Å². The van der Waals surface area contributed by atoms with Gasteiger partial charge in [0, 0.05) is 23.3 Å². The van der Waals surface area contributed by atoms with Gasteiger partial charge in [-0.2, -0.15) is 5.10 Å². The number of aryl methyl sites for hydroxylation is 1. The Labute approximate surface area is 215 Å². The normalized spacial score (nSPS) is 14.1. The molecule has 0 bridgehead atoms. The van der Waals surface area contributed by atoms with Crippen molar-refractivity contribution in [2.24, 2.45) is 0 Å². The number of carbonyl (C=O) groups excluding carboxylic acids is 2. The number of hydrogen-bond donors (Lipinski definition) is 3. The SMILES string of the molecule is Cc1cc(Cl)cc(C(=O)NNC2CCCCC2)c1NC(=O)c1cc(Br)nn1-c1ncccc1Cl. The number of nitrogens with one attached hydrogen (secondary N) is 3. The molecule has 4 rings (SSSR count). The molecule has 0 spiro atoms. The Hall–Kier alpha value is -2.46. The minimum absolute atomic E-state index is 0.188. The molecule has 1 fully saturated rings. The fourth-order valence-corrected chi connectivity index (χ4v) is 4.81. The Morgan fingerprint density at radius 3 is 2.62 bits per heavy atom. The third-order valence-corrected chi connectivity index (χ3v) is 6.53. The number of halogens is 3. The van der Waals surface area contributed by atoms with Crippen LogP contribution >= 0.6 is 39.1 Å². The quantitative estimate of drug-likeness (QED) is 0.344. The van der Waals surface area contributed by atoms with Crippen molar-refractivity contribution in [2.75, 3.05) is 5.32 Å². The summed E-state index contributed by atoms with van der Waals surface area (Å²) in [4.78, 5) is 30.6. The van der Waals surface area contributed by atoms with Crippen molar-refractivity contribution in [2.45, 2.75) is 45.1 Å². The van der Waals surface area contributed by atoms with Crippen LogP contribution in [0.2, 0.25) is 10.0 Å². The average Bonchev–Trinajstić information content (AvgIpc) is 3.21. The molecule has 11 heteroatoms. The lowest BCUT2D eigenvalue weighted by Crippen LogP contribution is -2.45. The largest absolute Gasteiger partial charge is 0.320 e. The zero-order chi connectivity index (χ0) is 24.2. The minimum Gasteiger partial charge on any atom is -0.320 e. The van der Waals surface area contributed by atoms with Gasteiger partial charge in [-0.3, -0.25) is 15.0 Å². The monoisotopic (exact) mass is 564 g/mol. The zero-order valence-corrected chi connectivity index (χ0v) is 21.5. The van der Waals surface area contributed by atoms with Crippen LogP contribution in [0.4, 0.5) is 5.69 Å². The number of aromatic nitrogens is 3. The first-order chi connectivity index (χ1) is 16.3.